The van der Waals surface area contributed by atoms with Crippen molar-refractivity contribution in [3.8, 4) is 49.0 Å². The van der Waals surface area contributed by atoms with Crippen molar-refractivity contribution in [1.82, 2.24) is 24.9 Å². The SMILES string of the molecule is C#Cc1ccccc1CSc1[nH]c(=O)c(C#N)c2ccc(F)cc12.C#Cc1ncccc1CSc1[nH]c(=O)c(C#N)c2ccc(F)cc12.Cc1ccccc1CS(=O)(=O)c1[nH]c(=O)c(C#N)c2ccc(F)cc12.Cc1ccccc1CSc1[nH]c(=O)c(C#N)c2ccc(F)cc12. The molecule has 0 amide bonds. The molecule has 96 heavy (non-hydrogen) atoms. The lowest BCUT2D eigenvalue weighted by Gasteiger charge is -2.10. The Labute approximate surface area is 558 Å². The first-order chi connectivity index (χ1) is 46.2. The molecule has 4 N–H and O–H groups in total. The molecule has 0 bridgehead atoms. The van der Waals surface area contributed by atoms with Crippen LogP contribution >= 0.6 is 35.3 Å². The van der Waals surface area contributed by atoms with Crippen molar-refractivity contribution in [2.75, 3.05) is 0 Å². The molecule has 0 aliphatic carbocycles. The Balaban J connectivity index is 0.000000150. The van der Waals surface area contributed by atoms with Crippen LogP contribution in [0, 0.1) is 107 Å². The fraction of sp³-hybridized carbons (Fsp3) is 0.0822. The van der Waals surface area contributed by atoms with Crippen molar-refractivity contribution in [2.24, 2.45) is 0 Å². The van der Waals surface area contributed by atoms with E-state index in [2.05, 4.69) is 36.8 Å². The van der Waals surface area contributed by atoms with Crippen LogP contribution in [0.3, 0.4) is 0 Å². The van der Waals surface area contributed by atoms with Crippen LogP contribution in [0.1, 0.15) is 66.9 Å². The van der Waals surface area contributed by atoms with Gasteiger partial charge < -0.3 is 19.9 Å². The fourth-order valence-corrected chi connectivity index (χ4v) is 14.7. The lowest BCUT2D eigenvalue weighted by atomic mass is 10.1. The number of pyridine rings is 5. The number of nitriles is 4. The summed E-state index contributed by atoms with van der Waals surface area (Å²) in [6.07, 6.45) is 12.5. The van der Waals surface area contributed by atoms with E-state index in [-0.39, 0.29) is 43.8 Å². The lowest BCUT2D eigenvalue weighted by molar-refractivity contribution is 0.592. The number of sulfone groups is 1. The van der Waals surface area contributed by atoms with E-state index in [4.69, 9.17) is 33.9 Å². The Morgan fingerprint density at radius 2 is 0.781 bits per heavy atom. The summed E-state index contributed by atoms with van der Waals surface area (Å²) in [6, 6.07) is 48.9. The number of halogens is 4. The number of benzene rings is 7. The lowest BCUT2D eigenvalue weighted by Crippen LogP contribution is -2.18. The zero-order valence-corrected chi connectivity index (χ0v) is 53.7. The van der Waals surface area contributed by atoms with E-state index in [0.29, 0.717) is 75.9 Å². The van der Waals surface area contributed by atoms with Crippen LogP contribution in [0.2, 0.25) is 0 Å². The summed E-state index contributed by atoms with van der Waals surface area (Å²) in [7, 11) is -3.96. The molecule has 472 valence electrons. The number of nitrogens with zero attached hydrogens (tertiary/aromatic N) is 5. The van der Waals surface area contributed by atoms with Gasteiger partial charge >= 0.3 is 0 Å². The average Bonchev–Trinajstić information content (AvgIpc) is 0.779. The molecule has 0 aliphatic heterocycles. The van der Waals surface area contributed by atoms with E-state index in [1.54, 1.807) is 49.5 Å². The quantitative estimate of drug-likeness (QED) is 0.0503. The average molecular weight is 1350 g/mol. The van der Waals surface area contributed by atoms with E-state index in [9.17, 15) is 45.2 Å². The number of thioether (sulfide) groups is 3. The number of rotatable bonds is 12. The van der Waals surface area contributed by atoms with Gasteiger partial charge in [0.15, 0.2) is 9.84 Å². The van der Waals surface area contributed by atoms with Crippen molar-refractivity contribution in [3.63, 3.8) is 0 Å². The van der Waals surface area contributed by atoms with Crippen molar-refractivity contribution >= 4 is 88.2 Å². The molecule has 0 atom stereocenters. The number of terminal acetylenes is 2. The van der Waals surface area contributed by atoms with Gasteiger partial charge in [0.1, 0.15) is 80.5 Å². The summed E-state index contributed by atoms with van der Waals surface area (Å²) in [5.41, 5.74) is 4.24. The van der Waals surface area contributed by atoms with Gasteiger partial charge in [-0.15, -0.1) is 48.1 Å². The summed E-state index contributed by atoms with van der Waals surface area (Å²) in [6.45, 7) is 3.80. The van der Waals surface area contributed by atoms with Gasteiger partial charge in [0.2, 0.25) is 0 Å². The molecule has 0 fully saturated rings. The molecular weight excluding hydrogens is 1300 g/mol. The first kappa shape index (κ1) is 68.7. The van der Waals surface area contributed by atoms with Crippen LogP contribution in [0.15, 0.2) is 203 Å². The summed E-state index contributed by atoms with van der Waals surface area (Å²) >= 11 is 4.08. The predicted octanol–water partition coefficient (Wildman–Crippen LogP) is 14.0. The number of aromatic nitrogens is 5. The third-order valence-corrected chi connectivity index (χ3v) is 19.6. The normalized spacial score (nSPS) is 10.7. The first-order valence-corrected chi connectivity index (χ1v) is 33.0. The molecular formula is C73H47F4N9O6S4. The van der Waals surface area contributed by atoms with E-state index in [1.165, 1.54) is 95.9 Å². The fourth-order valence-electron chi connectivity index (χ4n) is 9.88. The number of fused-ring (bicyclic) bond motifs is 4. The minimum absolute atomic E-state index is 0.00951. The smallest absolute Gasteiger partial charge is 0.267 e. The van der Waals surface area contributed by atoms with Crippen LogP contribution < -0.4 is 22.2 Å². The number of H-pyrrole nitrogens is 4. The van der Waals surface area contributed by atoms with E-state index in [1.807, 2.05) is 79.7 Å². The minimum Gasteiger partial charge on any atom is -0.315 e. The second kappa shape index (κ2) is 30.8. The summed E-state index contributed by atoms with van der Waals surface area (Å²) in [5, 5.41) is 40.8. The van der Waals surface area contributed by atoms with Crippen LogP contribution in [-0.2, 0) is 32.8 Å². The first-order valence-electron chi connectivity index (χ1n) is 28.4. The Kier molecular flexibility index (Phi) is 22.1. The van der Waals surface area contributed by atoms with E-state index >= 15 is 0 Å². The highest BCUT2D eigenvalue weighted by molar-refractivity contribution is 7.99. The van der Waals surface area contributed by atoms with Crippen molar-refractivity contribution < 1.29 is 26.0 Å². The number of nitrogens with one attached hydrogen (secondary N) is 4. The molecule has 0 spiro atoms. The van der Waals surface area contributed by atoms with Crippen LogP contribution in [0.5, 0.6) is 0 Å². The molecule has 0 saturated carbocycles. The molecule has 0 radical (unpaired) electrons. The van der Waals surface area contributed by atoms with Gasteiger partial charge in [0.25, 0.3) is 22.2 Å². The molecule has 0 aliphatic rings. The maximum atomic E-state index is 13.7. The maximum Gasteiger partial charge on any atom is 0.267 e. The zero-order chi connectivity index (χ0) is 68.8. The largest absolute Gasteiger partial charge is 0.315 e. The van der Waals surface area contributed by atoms with Crippen LogP contribution in [-0.4, -0.2) is 33.3 Å². The number of aromatic amines is 4. The monoisotopic (exact) mass is 1350 g/mol. The topological polar surface area (TPSA) is 274 Å². The highest BCUT2D eigenvalue weighted by atomic mass is 32.2. The maximum absolute atomic E-state index is 13.7. The summed E-state index contributed by atoms with van der Waals surface area (Å²) in [5.74, 6) is 4.50. The molecule has 23 heteroatoms. The van der Waals surface area contributed by atoms with E-state index in [0.717, 1.165) is 45.5 Å². The third-order valence-electron chi connectivity index (χ3n) is 14.7. The molecule has 5 aromatic heterocycles. The highest BCUT2D eigenvalue weighted by Gasteiger charge is 2.24. The number of hydrogen-bond donors (Lipinski definition) is 4. The van der Waals surface area contributed by atoms with Crippen molar-refractivity contribution in [3.05, 3.63) is 295 Å². The molecule has 0 unspecified atom stereocenters. The second-order valence-corrected chi connectivity index (χ2v) is 25.7. The van der Waals surface area contributed by atoms with Gasteiger partial charge in [-0.2, -0.15) is 21.0 Å². The van der Waals surface area contributed by atoms with Crippen LogP contribution in [0.25, 0.3) is 43.1 Å². The van der Waals surface area contributed by atoms with Crippen LogP contribution in [0.4, 0.5) is 17.6 Å². The van der Waals surface area contributed by atoms with Gasteiger partial charge in [-0.1, -0.05) is 78.7 Å². The summed E-state index contributed by atoms with van der Waals surface area (Å²) < 4.78 is 80.2. The highest BCUT2D eigenvalue weighted by Crippen LogP contribution is 2.34. The van der Waals surface area contributed by atoms with Gasteiger partial charge in [-0.25, -0.2) is 31.0 Å². The Morgan fingerprint density at radius 3 is 1.20 bits per heavy atom. The number of hydrogen-bond acceptors (Lipinski definition) is 14. The molecule has 12 rings (SSSR count). The Hall–Kier alpha value is -11.7. The van der Waals surface area contributed by atoms with Gasteiger partial charge in [0.05, 0.1) is 20.8 Å². The number of aryl methyl sites for hydroxylation is 2. The molecule has 7 aromatic carbocycles. The van der Waals surface area contributed by atoms with E-state index < -0.39 is 55.3 Å². The second-order valence-electron chi connectivity index (χ2n) is 20.8. The third kappa shape index (κ3) is 15.7. The Morgan fingerprint density at radius 1 is 0.427 bits per heavy atom. The van der Waals surface area contributed by atoms with Gasteiger partial charge in [-0.05, 0) is 138 Å². The van der Waals surface area contributed by atoms with Crippen molar-refractivity contribution in [1.29, 1.82) is 21.0 Å². The van der Waals surface area contributed by atoms with Gasteiger partial charge in [-0.3, -0.25) is 19.2 Å². The molecule has 0 saturated heterocycles. The molecule has 5 heterocycles. The van der Waals surface area contributed by atoms with Crippen molar-refractivity contribution in [2.45, 2.75) is 57.0 Å². The minimum atomic E-state index is -3.96. The standard InChI is InChI=1S/C19H11FN2OS.C18H10FN3OS.C18H13FN2O3S.C18H13FN2OS/c1-2-12-5-3-4-6-13(12)11-24-19-16-9-14(20)7-8-15(16)17(10-21)18(23)22-19;1-2-16-11(4-3-7-21-16)10-24-18-14-8-12(19)5-6-13(14)15(9-20)17(23)22-18;1-11-4-2-3-5-12(11)10-25(23,24)18-15-8-13(19)6-7-14(15)16(9-20)17(22)21-18;1-11-4-2-3-5-12(11)10-23-18-15-8-13(19)6-7-14(15)16(9-20)17(22)21-18/h1,3-9H,11H2,(H,22,23);1,3-8H,10H2,(H,22,23);2-8H,10H2,1H3,(H,21,22);2-8H,10H2,1H3,(H,21,22). The zero-order valence-electron chi connectivity index (χ0n) is 50.4. The molecule has 12 aromatic rings. The Bertz CT molecular complexity index is 5560. The predicted molar refractivity (Wildman–Crippen MR) is 365 cm³/mol. The van der Waals surface area contributed by atoms with Gasteiger partial charge in [0, 0.05) is 72.1 Å². The molecule has 15 nitrogen and oxygen atoms in total. The summed E-state index contributed by atoms with van der Waals surface area (Å²) in [4.78, 5) is 62.7.